The Kier molecular flexibility index (Phi) is 4.10. The molecule has 2 atom stereocenters. The smallest absolute Gasteiger partial charge is 0.109 e. The van der Waals surface area contributed by atoms with Crippen molar-refractivity contribution in [2.24, 2.45) is 12.5 Å². The molecule has 4 heteroatoms. The molecule has 1 rings (SSSR count). The second-order valence-electron chi connectivity index (χ2n) is 5.13. The quantitative estimate of drug-likeness (QED) is 0.853. The van der Waals surface area contributed by atoms with Crippen molar-refractivity contribution in [2.45, 2.75) is 39.9 Å². The van der Waals surface area contributed by atoms with Crippen LogP contribution in [0.2, 0.25) is 0 Å². The van der Waals surface area contributed by atoms with Crippen LogP contribution in [-0.2, 0) is 11.8 Å². The number of aliphatic hydroxyl groups excluding tert-OH is 1. The molecule has 0 saturated heterocycles. The lowest BCUT2D eigenvalue weighted by Crippen LogP contribution is -2.35. The van der Waals surface area contributed by atoms with Crippen LogP contribution in [0.3, 0.4) is 0 Å². The highest BCUT2D eigenvalue weighted by Gasteiger charge is 2.33. The summed E-state index contributed by atoms with van der Waals surface area (Å²) in [5, 5.41) is 14.3. The molecule has 1 aromatic heterocycles. The minimum absolute atomic E-state index is 0.106. The number of aromatic nitrogens is 2. The summed E-state index contributed by atoms with van der Waals surface area (Å²) in [5.74, 6) is 0. The molecule has 0 amide bonds. The lowest BCUT2D eigenvalue weighted by atomic mass is 9.84. The van der Waals surface area contributed by atoms with Crippen LogP contribution in [0.4, 0.5) is 0 Å². The molecule has 0 radical (unpaired) electrons. The van der Waals surface area contributed by atoms with E-state index in [1.54, 1.807) is 10.9 Å². The van der Waals surface area contributed by atoms with Crippen molar-refractivity contribution in [1.29, 1.82) is 0 Å². The zero-order valence-electron chi connectivity index (χ0n) is 10.8. The minimum atomic E-state index is -0.631. The van der Waals surface area contributed by atoms with E-state index in [4.69, 9.17) is 4.74 Å². The number of rotatable bonds is 4. The van der Waals surface area contributed by atoms with Crippen LogP contribution in [0.25, 0.3) is 0 Å². The van der Waals surface area contributed by atoms with Gasteiger partial charge in [0.15, 0.2) is 0 Å². The first kappa shape index (κ1) is 13.2. The molecule has 0 aliphatic carbocycles. The molecule has 1 N–H and O–H groups in total. The van der Waals surface area contributed by atoms with Crippen LogP contribution < -0.4 is 0 Å². The minimum Gasteiger partial charge on any atom is -0.386 e. The van der Waals surface area contributed by atoms with Crippen molar-refractivity contribution >= 4 is 0 Å². The Hall–Kier alpha value is -0.870. The fourth-order valence-corrected chi connectivity index (χ4v) is 1.76. The number of hydrogen-bond donors (Lipinski definition) is 1. The van der Waals surface area contributed by atoms with Gasteiger partial charge in [0.2, 0.25) is 0 Å². The summed E-state index contributed by atoms with van der Waals surface area (Å²) in [7, 11) is 1.84. The van der Waals surface area contributed by atoms with E-state index in [0.717, 1.165) is 5.56 Å². The second kappa shape index (κ2) is 4.97. The molecule has 0 bridgehead atoms. The summed E-state index contributed by atoms with van der Waals surface area (Å²) < 4.78 is 7.33. The number of aryl methyl sites for hydroxylation is 1. The molecule has 0 aromatic carbocycles. The van der Waals surface area contributed by atoms with Crippen LogP contribution in [-0.4, -0.2) is 27.6 Å². The van der Waals surface area contributed by atoms with Gasteiger partial charge < -0.3 is 9.84 Å². The van der Waals surface area contributed by atoms with Gasteiger partial charge in [0, 0.05) is 25.4 Å². The van der Waals surface area contributed by atoms with Gasteiger partial charge in [0.1, 0.15) is 6.10 Å². The maximum Gasteiger partial charge on any atom is 0.109 e. The number of hydrogen-bond acceptors (Lipinski definition) is 3. The maximum absolute atomic E-state index is 10.3. The third kappa shape index (κ3) is 3.06. The van der Waals surface area contributed by atoms with Crippen molar-refractivity contribution in [3.05, 3.63) is 18.0 Å². The van der Waals surface area contributed by atoms with Gasteiger partial charge in [-0.25, -0.2) is 0 Å². The van der Waals surface area contributed by atoms with E-state index < -0.39 is 6.10 Å². The standard InChI is InChI=1S/C12H22N2O2/c1-6-16-11(12(2,3)4)10(15)9-7-13-14(5)8-9/h7-8,10-11,15H,6H2,1-5H3. The normalized spacial score (nSPS) is 16.1. The predicted molar refractivity (Wildman–Crippen MR) is 63.0 cm³/mol. The Morgan fingerprint density at radius 1 is 1.50 bits per heavy atom. The number of nitrogens with zero attached hydrogens (tertiary/aromatic N) is 2. The van der Waals surface area contributed by atoms with E-state index in [1.165, 1.54) is 0 Å². The Bertz CT molecular complexity index is 328. The fourth-order valence-electron chi connectivity index (χ4n) is 1.76. The molecule has 0 fully saturated rings. The summed E-state index contributed by atoms with van der Waals surface area (Å²) in [6.45, 7) is 8.72. The van der Waals surface area contributed by atoms with Crippen molar-refractivity contribution in [2.75, 3.05) is 6.61 Å². The second-order valence-corrected chi connectivity index (χ2v) is 5.13. The van der Waals surface area contributed by atoms with Crippen LogP contribution >= 0.6 is 0 Å². The zero-order valence-corrected chi connectivity index (χ0v) is 10.8. The SMILES string of the molecule is CCOC(C(O)c1cnn(C)c1)C(C)(C)C. The molecule has 0 saturated carbocycles. The van der Waals surface area contributed by atoms with Gasteiger partial charge in [-0.2, -0.15) is 5.10 Å². The highest BCUT2D eigenvalue weighted by Crippen LogP contribution is 2.32. The lowest BCUT2D eigenvalue weighted by molar-refractivity contribution is -0.0899. The largest absolute Gasteiger partial charge is 0.386 e. The van der Waals surface area contributed by atoms with Crippen LogP contribution in [0, 0.1) is 5.41 Å². The Balaban J connectivity index is 2.86. The third-order valence-electron chi connectivity index (χ3n) is 2.55. The van der Waals surface area contributed by atoms with E-state index in [1.807, 2.05) is 20.2 Å². The molecule has 0 spiro atoms. The molecule has 16 heavy (non-hydrogen) atoms. The van der Waals surface area contributed by atoms with E-state index in [0.29, 0.717) is 6.61 Å². The molecule has 1 aromatic rings. The van der Waals surface area contributed by atoms with E-state index in [9.17, 15) is 5.11 Å². The monoisotopic (exact) mass is 226 g/mol. The highest BCUT2D eigenvalue weighted by molar-refractivity contribution is 5.10. The molecule has 92 valence electrons. The summed E-state index contributed by atoms with van der Waals surface area (Å²) in [5.41, 5.74) is 0.696. The molecule has 0 aliphatic rings. The molecule has 1 heterocycles. The van der Waals surface area contributed by atoms with Crippen LogP contribution in [0.1, 0.15) is 39.4 Å². The molecule has 0 aliphatic heterocycles. The molecule has 4 nitrogen and oxygen atoms in total. The fraction of sp³-hybridized carbons (Fsp3) is 0.750. The number of aliphatic hydroxyl groups is 1. The summed E-state index contributed by atoms with van der Waals surface area (Å²) >= 11 is 0. The summed E-state index contributed by atoms with van der Waals surface area (Å²) in [4.78, 5) is 0. The zero-order chi connectivity index (χ0) is 12.3. The average Bonchev–Trinajstić information content (AvgIpc) is 2.58. The first-order valence-electron chi connectivity index (χ1n) is 5.64. The predicted octanol–water partition coefficient (Wildman–Crippen LogP) is 1.90. The molecular weight excluding hydrogens is 204 g/mol. The number of ether oxygens (including phenoxy) is 1. The van der Waals surface area contributed by atoms with Crippen molar-refractivity contribution in [3.63, 3.8) is 0 Å². The van der Waals surface area contributed by atoms with E-state index in [2.05, 4.69) is 25.9 Å². The molecule has 2 unspecified atom stereocenters. The van der Waals surface area contributed by atoms with E-state index >= 15 is 0 Å². The van der Waals surface area contributed by atoms with Crippen molar-refractivity contribution < 1.29 is 9.84 Å². The van der Waals surface area contributed by atoms with Crippen LogP contribution in [0.15, 0.2) is 12.4 Å². The van der Waals surface area contributed by atoms with Crippen molar-refractivity contribution in [3.8, 4) is 0 Å². The lowest BCUT2D eigenvalue weighted by Gasteiger charge is -2.33. The topological polar surface area (TPSA) is 47.3 Å². The van der Waals surface area contributed by atoms with Gasteiger partial charge in [-0.1, -0.05) is 20.8 Å². The Morgan fingerprint density at radius 3 is 2.50 bits per heavy atom. The Labute approximate surface area is 97.2 Å². The van der Waals surface area contributed by atoms with Crippen molar-refractivity contribution in [1.82, 2.24) is 9.78 Å². The maximum atomic E-state index is 10.3. The van der Waals surface area contributed by atoms with Crippen LogP contribution in [0.5, 0.6) is 0 Å². The highest BCUT2D eigenvalue weighted by atomic mass is 16.5. The Morgan fingerprint density at radius 2 is 2.12 bits per heavy atom. The first-order chi connectivity index (χ1) is 7.36. The van der Waals surface area contributed by atoms with Gasteiger partial charge >= 0.3 is 0 Å². The average molecular weight is 226 g/mol. The summed E-state index contributed by atoms with van der Waals surface area (Å²) in [6, 6.07) is 0. The van der Waals surface area contributed by atoms with Gasteiger partial charge in [0.25, 0.3) is 0 Å². The van der Waals surface area contributed by atoms with Gasteiger partial charge in [-0.3, -0.25) is 4.68 Å². The van der Waals surface area contributed by atoms with Gasteiger partial charge in [0.05, 0.1) is 12.3 Å². The van der Waals surface area contributed by atoms with Gasteiger partial charge in [-0.05, 0) is 12.3 Å². The van der Waals surface area contributed by atoms with E-state index in [-0.39, 0.29) is 11.5 Å². The third-order valence-corrected chi connectivity index (χ3v) is 2.55. The molecular formula is C12H22N2O2. The first-order valence-corrected chi connectivity index (χ1v) is 5.64. The summed E-state index contributed by atoms with van der Waals surface area (Å²) in [6.07, 6.45) is 2.65. The van der Waals surface area contributed by atoms with Gasteiger partial charge in [-0.15, -0.1) is 0 Å².